The van der Waals surface area contributed by atoms with Gasteiger partial charge in [-0.1, -0.05) is 18.6 Å². The van der Waals surface area contributed by atoms with Gasteiger partial charge in [0.2, 0.25) is 0 Å². The molecule has 0 radical (unpaired) electrons. The number of rotatable bonds is 7. The van der Waals surface area contributed by atoms with Crippen molar-refractivity contribution < 1.29 is 9.84 Å². The number of hydrogen-bond acceptors (Lipinski definition) is 4. The molecule has 0 bridgehead atoms. The standard InChI is InChI=1S/C19H31N3O2S/c1-4-20-19(22-15-8-6-9-16(13-15)25-3)21-12-11-14-7-5-10-17(24-2)18(14)23/h5,7,10,15-16,23H,4,6,8-9,11-13H2,1-3H3,(H2,20,21,22). The molecule has 1 aromatic rings. The van der Waals surface area contributed by atoms with E-state index in [4.69, 9.17) is 4.74 Å². The van der Waals surface area contributed by atoms with E-state index in [1.165, 1.54) is 25.7 Å². The van der Waals surface area contributed by atoms with Crippen LogP contribution in [0.3, 0.4) is 0 Å². The zero-order chi connectivity index (χ0) is 18.1. The molecule has 2 atom stereocenters. The number of phenols is 1. The Hall–Kier alpha value is -1.56. The fourth-order valence-corrected chi connectivity index (χ4v) is 4.05. The molecular formula is C19H31N3O2S. The molecular weight excluding hydrogens is 334 g/mol. The molecule has 1 aliphatic rings. The maximum atomic E-state index is 10.2. The Labute approximate surface area is 155 Å². The molecule has 1 fully saturated rings. The van der Waals surface area contributed by atoms with Gasteiger partial charge in [0.05, 0.1) is 7.11 Å². The molecule has 2 unspecified atom stereocenters. The summed E-state index contributed by atoms with van der Waals surface area (Å²) >= 11 is 1.97. The van der Waals surface area contributed by atoms with Crippen LogP contribution in [0.2, 0.25) is 0 Å². The average molecular weight is 366 g/mol. The molecule has 0 heterocycles. The van der Waals surface area contributed by atoms with Crippen molar-refractivity contribution in [2.75, 3.05) is 26.5 Å². The van der Waals surface area contributed by atoms with Gasteiger partial charge in [-0.15, -0.1) is 0 Å². The highest BCUT2D eigenvalue weighted by atomic mass is 32.2. The molecule has 25 heavy (non-hydrogen) atoms. The molecule has 2 rings (SSSR count). The second-order valence-electron chi connectivity index (χ2n) is 6.34. The highest BCUT2D eigenvalue weighted by Gasteiger charge is 2.21. The van der Waals surface area contributed by atoms with Crippen LogP contribution in [0.15, 0.2) is 23.2 Å². The molecule has 3 N–H and O–H groups in total. The van der Waals surface area contributed by atoms with Gasteiger partial charge < -0.3 is 20.5 Å². The van der Waals surface area contributed by atoms with Crippen LogP contribution in [0.1, 0.15) is 38.2 Å². The van der Waals surface area contributed by atoms with E-state index in [1.54, 1.807) is 13.2 Å². The molecule has 0 spiro atoms. The Morgan fingerprint density at radius 2 is 2.24 bits per heavy atom. The average Bonchev–Trinajstić information content (AvgIpc) is 2.63. The van der Waals surface area contributed by atoms with E-state index in [2.05, 4.69) is 28.8 Å². The van der Waals surface area contributed by atoms with Gasteiger partial charge in [0.1, 0.15) is 0 Å². The quantitative estimate of drug-likeness (QED) is 0.512. The maximum absolute atomic E-state index is 10.2. The first-order valence-electron chi connectivity index (χ1n) is 9.10. The number of aliphatic imine (C=N–C) groups is 1. The summed E-state index contributed by atoms with van der Waals surface area (Å²) in [5, 5.41) is 17.8. The van der Waals surface area contributed by atoms with Crippen molar-refractivity contribution in [3.05, 3.63) is 23.8 Å². The third-order valence-electron chi connectivity index (χ3n) is 4.60. The fraction of sp³-hybridized carbons (Fsp3) is 0.632. The smallest absolute Gasteiger partial charge is 0.191 e. The van der Waals surface area contributed by atoms with Crippen LogP contribution in [-0.4, -0.2) is 48.8 Å². The number of aromatic hydroxyl groups is 1. The van der Waals surface area contributed by atoms with Gasteiger partial charge in [0.25, 0.3) is 0 Å². The van der Waals surface area contributed by atoms with E-state index in [9.17, 15) is 5.11 Å². The van der Waals surface area contributed by atoms with E-state index >= 15 is 0 Å². The molecule has 0 aromatic heterocycles. The predicted molar refractivity (Wildman–Crippen MR) is 107 cm³/mol. The molecule has 1 saturated carbocycles. The van der Waals surface area contributed by atoms with Gasteiger partial charge in [0, 0.05) is 24.4 Å². The lowest BCUT2D eigenvalue weighted by Gasteiger charge is -2.29. The number of nitrogens with one attached hydrogen (secondary N) is 2. The lowest BCUT2D eigenvalue weighted by molar-refractivity contribution is 0.370. The largest absolute Gasteiger partial charge is 0.504 e. The van der Waals surface area contributed by atoms with E-state index in [-0.39, 0.29) is 5.75 Å². The first-order valence-corrected chi connectivity index (χ1v) is 10.4. The van der Waals surface area contributed by atoms with Gasteiger partial charge in [-0.2, -0.15) is 11.8 Å². The number of hydrogen-bond donors (Lipinski definition) is 3. The Kier molecular flexibility index (Phi) is 8.25. The summed E-state index contributed by atoms with van der Waals surface area (Å²) < 4.78 is 5.16. The molecule has 0 saturated heterocycles. The summed E-state index contributed by atoms with van der Waals surface area (Å²) in [4.78, 5) is 4.69. The highest BCUT2D eigenvalue weighted by Crippen LogP contribution is 2.29. The van der Waals surface area contributed by atoms with Crippen molar-refractivity contribution in [3.8, 4) is 11.5 Å². The van der Waals surface area contributed by atoms with E-state index in [0.717, 1.165) is 23.3 Å². The minimum atomic E-state index is 0.216. The van der Waals surface area contributed by atoms with E-state index in [1.807, 2.05) is 23.9 Å². The first kappa shape index (κ1) is 19.8. The number of para-hydroxylation sites is 1. The van der Waals surface area contributed by atoms with Crippen molar-refractivity contribution >= 4 is 17.7 Å². The van der Waals surface area contributed by atoms with Crippen LogP contribution in [0.4, 0.5) is 0 Å². The van der Waals surface area contributed by atoms with Gasteiger partial charge in [-0.05, 0) is 50.5 Å². The van der Waals surface area contributed by atoms with E-state index in [0.29, 0.717) is 24.8 Å². The number of nitrogens with zero attached hydrogens (tertiary/aromatic N) is 1. The van der Waals surface area contributed by atoms with Crippen LogP contribution in [0.25, 0.3) is 0 Å². The molecule has 6 heteroatoms. The number of guanidine groups is 1. The van der Waals surface area contributed by atoms with Crippen LogP contribution in [0, 0.1) is 0 Å². The van der Waals surface area contributed by atoms with E-state index < -0.39 is 0 Å². The van der Waals surface area contributed by atoms with Crippen molar-refractivity contribution in [1.29, 1.82) is 0 Å². The third-order valence-corrected chi connectivity index (χ3v) is 5.69. The zero-order valence-electron chi connectivity index (χ0n) is 15.5. The van der Waals surface area contributed by atoms with Crippen molar-refractivity contribution in [2.45, 2.75) is 50.3 Å². The summed E-state index contributed by atoms with van der Waals surface area (Å²) in [5.74, 6) is 1.60. The summed E-state index contributed by atoms with van der Waals surface area (Å²) in [6.45, 7) is 3.54. The number of phenolic OH excluding ortho intramolecular Hbond substituents is 1. The zero-order valence-corrected chi connectivity index (χ0v) is 16.4. The summed E-state index contributed by atoms with van der Waals surface area (Å²) in [7, 11) is 1.57. The Morgan fingerprint density at radius 1 is 1.40 bits per heavy atom. The summed E-state index contributed by atoms with van der Waals surface area (Å²) in [6, 6.07) is 6.07. The van der Waals surface area contributed by atoms with Crippen LogP contribution in [0.5, 0.6) is 11.5 Å². The number of thioether (sulfide) groups is 1. The second-order valence-corrected chi connectivity index (χ2v) is 7.48. The van der Waals surface area contributed by atoms with Crippen LogP contribution in [-0.2, 0) is 6.42 Å². The minimum absolute atomic E-state index is 0.216. The van der Waals surface area contributed by atoms with Gasteiger partial charge in [-0.3, -0.25) is 4.99 Å². The number of ether oxygens (including phenoxy) is 1. The summed E-state index contributed by atoms with van der Waals surface area (Å²) in [5.41, 5.74) is 0.860. The topological polar surface area (TPSA) is 65.9 Å². The minimum Gasteiger partial charge on any atom is -0.504 e. The van der Waals surface area contributed by atoms with Crippen molar-refractivity contribution in [2.24, 2.45) is 4.99 Å². The molecule has 0 aliphatic heterocycles. The third kappa shape index (κ3) is 6.03. The number of benzene rings is 1. The summed E-state index contributed by atoms with van der Waals surface area (Å²) in [6.07, 6.45) is 7.88. The molecule has 0 amide bonds. The first-order chi connectivity index (χ1) is 12.2. The lowest BCUT2D eigenvalue weighted by atomic mass is 9.95. The SMILES string of the molecule is CCNC(=NCCc1cccc(OC)c1O)NC1CCCC(SC)C1. The van der Waals surface area contributed by atoms with Crippen LogP contribution >= 0.6 is 11.8 Å². The van der Waals surface area contributed by atoms with Crippen molar-refractivity contribution in [3.63, 3.8) is 0 Å². The Morgan fingerprint density at radius 3 is 2.96 bits per heavy atom. The maximum Gasteiger partial charge on any atom is 0.191 e. The van der Waals surface area contributed by atoms with Crippen LogP contribution < -0.4 is 15.4 Å². The van der Waals surface area contributed by atoms with Crippen molar-refractivity contribution in [1.82, 2.24) is 10.6 Å². The monoisotopic (exact) mass is 365 g/mol. The Balaban J connectivity index is 1.93. The number of methoxy groups -OCH3 is 1. The lowest BCUT2D eigenvalue weighted by Crippen LogP contribution is -2.45. The predicted octanol–water partition coefficient (Wildman–Crippen LogP) is 3.17. The molecule has 140 valence electrons. The second kappa shape index (κ2) is 10.4. The van der Waals surface area contributed by atoms with Gasteiger partial charge in [0.15, 0.2) is 17.5 Å². The Bertz CT molecular complexity index is 566. The fourth-order valence-electron chi connectivity index (χ4n) is 3.23. The molecule has 1 aliphatic carbocycles. The van der Waals surface area contributed by atoms with Gasteiger partial charge in [-0.25, -0.2) is 0 Å². The highest BCUT2D eigenvalue weighted by molar-refractivity contribution is 7.99. The molecule has 5 nitrogen and oxygen atoms in total. The normalized spacial score (nSPS) is 21.0. The van der Waals surface area contributed by atoms with Gasteiger partial charge >= 0.3 is 0 Å². The molecule has 1 aromatic carbocycles.